The van der Waals surface area contributed by atoms with Gasteiger partial charge < -0.3 is 16.4 Å². The van der Waals surface area contributed by atoms with Gasteiger partial charge in [0.25, 0.3) is 0 Å². The second kappa shape index (κ2) is 8.66. The maximum Gasteiger partial charge on any atom is 0.472 e. The first kappa shape index (κ1) is 15.5. The molecule has 0 bridgehead atoms. The molecule has 0 saturated carbocycles. The standard InChI is InChI=1S/C8H19N2O5P/c9-5-7-15-16(12,13)14-6-3-1-2-4-8(10)11/h1-7,9H2,(H2,10,11)(H,12,13). The predicted octanol–water partition coefficient (Wildman–Crippen LogP) is 0.124. The first-order valence-electron chi connectivity index (χ1n) is 5.08. The minimum atomic E-state index is -3.95. The van der Waals surface area contributed by atoms with Crippen LogP contribution in [-0.4, -0.2) is 30.6 Å². The number of phosphoric ester groups is 1. The summed E-state index contributed by atoms with van der Waals surface area (Å²) in [5.74, 6) is -0.347. The minimum absolute atomic E-state index is 0.0184. The fraction of sp³-hybridized carbons (Fsp3) is 0.875. The smallest absolute Gasteiger partial charge is 0.370 e. The first-order chi connectivity index (χ1) is 7.48. The van der Waals surface area contributed by atoms with Crippen LogP contribution in [0.1, 0.15) is 25.7 Å². The summed E-state index contributed by atoms with van der Waals surface area (Å²) >= 11 is 0. The van der Waals surface area contributed by atoms with Gasteiger partial charge in [0.2, 0.25) is 5.91 Å². The molecule has 0 aromatic carbocycles. The molecule has 0 fully saturated rings. The monoisotopic (exact) mass is 254 g/mol. The van der Waals surface area contributed by atoms with Gasteiger partial charge in [-0.1, -0.05) is 6.42 Å². The van der Waals surface area contributed by atoms with Crippen LogP contribution in [0.15, 0.2) is 0 Å². The number of carbonyl (C=O) groups excluding carboxylic acids is 1. The molecule has 0 spiro atoms. The van der Waals surface area contributed by atoms with Crippen molar-refractivity contribution in [3.05, 3.63) is 0 Å². The molecule has 1 atom stereocenters. The maximum absolute atomic E-state index is 11.1. The van der Waals surface area contributed by atoms with Crippen molar-refractivity contribution in [2.45, 2.75) is 25.7 Å². The van der Waals surface area contributed by atoms with E-state index in [1.165, 1.54) is 0 Å². The highest BCUT2D eigenvalue weighted by atomic mass is 31.2. The Labute approximate surface area is 94.7 Å². The van der Waals surface area contributed by atoms with Crippen LogP contribution in [0.25, 0.3) is 0 Å². The van der Waals surface area contributed by atoms with E-state index in [-0.39, 0.29) is 25.7 Å². The van der Waals surface area contributed by atoms with Gasteiger partial charge in [-0.05, 0) is 12.8 Å². The van der Waals surface area contributed by atoms with Gasteiger partial charge in [-0.2, -0.15) is 0 Å². The van der Waals surface area contributed by atoms with Gasteiger partial charge in [-0.3, -0.25) is 13.8 Å². The minimum Gasteiger partial charge on any atom is -0.370 e. The molecule has 0 rings (SSSR count). The number of primary amides is 1. The summed E-state index contributed by atoms with van der Waals surface area (Å²) in [4.78, 5) is 19.5. The van der Waals surface area contributed by atoms with Crippen molar-refractivity contribution in [1.82, 2.24) is 0 Å². The van der Waals surface area contributed by atoms with E-state index in [2.05, 4.69) is 9.05 Å². The second-order valence-electron chi connectivity index (χ2n) is 3.20. The topological polar surface area (TPSA) is 125 Å². The van der Waals surface area contributed by atoms with Crippen LogP contribution in [0.4, 0.5) is 0 Å². The number of rotatable bonds is 10. The van der Waals surface area contributed by atoms with Crippen LogP contribution in [0.2, 0.25) is 0 Å². The van der Waals surface area contributed by atoms with Crippen molar-refractivity contribution >= 4 is 13.7 Å². The molecule has 8 heteroatoms. The molecule has 0 radical (unpaired) electrons. The highest BCUT2D eigenvalue weighted by Crippen LogP contribution is 2.42. The molecular weight excluding hydrogens is 235 g/mol. The zero-order valence-corrected chi connectivity index (χ0v) is 10.0. The van der Waals surface area contributed by atoms with Gasteiger partial charge in [0, 0.05) is 13.0 Å². The molecule has 0 heterocycles. The Morgan fingerprint density at radius 3 is 2.38 bits per heavy atom. The lowest BCUT2D eigenvalue weighted by Gasteiger charge is -2.10. The number of hydrogen-bond donors (Lipinski definition) is 3. The summed E-state index contributed by atoms with van der Waals surface area (Å²) in [6.07, 6.45) is 2.25. The van der Waals surface area contributed by atoms with Crippen LogP contribution in [0.3, 0.4) is 0 Å². The summed E-state index contributed by atoms with van der Waals surface area (Å²) in [5, 5.41) is 0. The third-order valence-corrected chi connectivity index (χ3v) is 2.71. The van der Waals surface area contributed by atoms with E-state index in [4.69, 9.17) is 16.4 Å². The third kappa shape index (κ3) is 10.1. The summed E-state index contributed by atoms with van der Waals surface area (Å²) in [7, 11) is -3.95. The van der Waals surface area contributed by atoms with Gasteiger partial charge in [0.15, 0.2) is 0 Å². The van der Waals surface area contributed by atoms with E-state index in [1.807, 2.05) is 0 Å². The molecule has 0 aromatic heterocycles. The molecule has 0 aliphatic heterocycles. The fourth-order valence-electron chi connectivity index (χ4n) is 0.963. The maximum atomic E-state index is 11.1. The predicted molar refractivity (Wildman–Crippen MR) is 58.4 cm³/mol. The number of hydrogen-bond acceptors (Lipinski definition) is 5. The van der Waals surface area contributed by atoms with Gasteiger partial charge in [0.1, 0.15) is 0 Å². The normalized spacial score (nSPS) is 14.6. The van der Waals surface area contributed by atoms with Crippen LogP contribution >= 0.6 is 7.82 Å². The van der Waals surface area contributed by atoms with Gasteiger partial charge in [0.05, 0.1) is 13.2 Å². The Morgan fingerprint density at radius 2 is 1.81 bits per heavy atom. The highest BCUT2D eigenvalue weighted by Gasteiger charge is 2.19. The number of unbranched alkanes of at least 4 members (excludes halogenated alkanes) is 2. The Morgan fingerprint density at radius 1 is 1.19 bits per heavy atom. The van der Waals surface area contributed by atoms with Crippen molar-refractivity contribution in [3.8, 4) is 0 Å². The van der Waals surface area contributed by atoms with Crippen molar-refractivity contribution in [3.63, 3.8) is 0 Å². The van der Waals surface area contributed by atoms with Gasteiger partial charge >= 0.3 is 7.82 Å². The highest BCUT2D eigenvalue weighted by molar-refractivity contribution is 7.47. The van der Waals surface area contributed by atoms with E-state index < -0.39 is 7.82 Å². The number of nitrogens with two attached hydrogens (primary N) is 2. The molecule has 16 heavy (non-hydrogen) atoms. The summed E-state index contributed by atoms with van der Waals surface area (Å²) in [6.45, 7) is 0.249. The zero-order valence-electron chi connectivity index (χ0n) is 9.13. The molecule has 0 aliphatic carbocycles. The number of phosphoric acid groups is 1. The molecule has 0 aromatic rings. The summed E-state index contributed by atoms with van der Waals surface area (Å²) in [5.41, 5.74) is 10.0. The molecule has 7 nitrogen and oxygen atoms in total. The van der Waals surface area contributed by atoms with Gasteiger partial charge in [-0.15, -0.1) is 0 Å². The van der Waals surface area contributed by atoms with Crippen molar-refractivity contribution < 1.29 is 23.3 Å². The van der Waals surface area contributed by atoms with Crippen molar-refractivity contribution in [2.24, 2.45) is 11.5 Å². The van der Waals surface area contributed by atoms with E-state index in [0.29, 0.717) is 25.7 Å². The largest absolute Gasteiger partial charge is 0.472 e. The number of amides is 1. The van der Waals surface area contributed by atoms with Crippen LogP contribution in [-0.2, 0) is 18.4 Å². The van der Waals surface area contributed by atoms with E-state index >= 15 is 0 Å². The lowest BCUT2D eigenvalue weighted by molar-refractivity contribution is -0.118. The molecular formula is C8H19N2O5P. The molecule has 1 unspecified atom stereocenters. The van der Waals surface area contributed by atoms with Crippen molar-refractivity contribution in [2.75, 3.05) is 19.8 Å². The molecule has 96 valence electrons. The molecule has 1 amide bonds. The van der Waals surface area contributed by atoms with E-state index in [1.54, 1.807) is 0 Å². The molecule has 0 saturated heterocycles. The fourth-order valence-corrected chi connectivity index (χ4v) is 1.73. The lowest BCUT2D eigenvalue weighted by Crippen LogP contribution is -2.10. The third-order valence-electron chi connectivity index (χ3n) is 1.69. The Kier molecular flexibility index (Phi) is 8.42. The molecule has 5 N–H and O–H groups in total. The van der Waals surface area contributed by atoms with Gasteiger partial charge in [-0.25, -0.2) is 4.57 Å². The van der Waals surface area contributed by atoms with E-state index in [0.717, 1.165) is 0 Å². The SMILES string of the molecule is NCCOP(=O)(O)OCCCCCC(N)=O. The molecule has 0 aliphatic rings. The Balaban J connectivity index is 3.43. The van der Waals surface area contributed by atoms with E-state index in [9.17, 15) is 9.36 Å². The van der Waals surface area contributed by atoms with Crippen molar-refractivity contribution in [1.29, 1.82) is 0 Å². The Hall–Kier alpha value is -0.460. The second-order valence-corrected chi connectivity index (χ2v) is 4.65. The Bertz CT molecular complexity index is 249. The van der Waals surface area contributed by atoms with Crippen LogP contribution in [0, 0.1) is 0 Å². The number of carbonyl (C=O) groups is 1. The lowest BCUT2D eigenvalue weighted by atomic mass is 10.2. The average molecular weight is 254 g/mol. The average Bonchev–Trinajstić information content (AvgIpc) is 2.20. The first-order valence-corrected chi connectivity index (χ1v) is 6.58. The van der Waals surface area contributed by atoms with Crippen LogP contribution < -0.4 is 11.5 Å². The van der Waals surface area contributed by atoms with Crippen LogP contribution in [0.5, 0.6) is 0 Å². The quantitative estimate of drug-likeness (QED) is 0.375. The summed E-state index contributed by atoms with van der Waals surface area (Å²) < 4.78 is 20.3. The summed E-state index contributed by atoms with van der Waals surface area (Å²) in [6, 6.07) is 0. The zero-order chi connectivity index (χ0) is 12.4.